The molecule has 0 unspecified atom stereocenters. The second-order valence-electron chi connectivity index (χ2n) is 5.23. The van der Waals surface area contributed by atoms with Crippen LogP contribution in [0.5, 0.6) is 5.88 Å². The highest BCUT2D eigenvalue weighted by atomic mass is 16.5. The maximum absolute atomic E-state index is 12.2. The molecule has 1 N–H and O–H groups in total. The molecule has 0 spiro atoms. The van der Waals surface area contributed by atoms with E-state index in [9.17, 15) is 4.79 Å². The van der Waals surface area contributed by atoms with E-state index in [2.05, 4.69) is 20.3 Å². The van der Waals surface area contributed by atoms with Crippen molar-refractivity contribution >= 4 is 11.6 Å². The Morgan fingerprint density at radius 3 is 2.54 bits per heavy atom. The van der Waals surface area contributed by atoms with Gasteiger partial charge in [0.05, 0.1) is 31.5 Å². The van der Waals surface area contributed by atoms with Gasteiger partial charge in [-0.2, -0.15) is 0 Å². The Morgan fingerprint density at radius 1 is 1.17 bits per heavy atom. The number of carbonyl (C=O) groups is 1. The molecule has 0 fully saturated rings. The summed E-state index contributed by atoms with van der Waals surface area (Å²) in [5.74, 6) is -0.0484. The van der Waals surface area contributed by atoms with Gasteiger partial charge in [0.2, 0.25) is 5.88 Å². The Labute approximate surface area is 139 Å². The first-order valence-electron chi connectivity index (χ1n) is 7.37. The van der Waals surface area contributed by atoms with Gasteiger partial charge in [-0.15, -0.1) is 0 Å². The molecular weight excluding hydrogens is 306 g/mol. The number of rotatable bonds is 4. The molecule has 7 heteroatoms. The van der Waals surface area contributed by atoms with Crippen molar-refractivity contribution in [3.05, 3.63) is 60.1 Å². The summed E-state index contributed by atoms with van der Waals surface area (Å²) in [6.45, 7) is 3.98. The number of methoxy groups -OCH3 is 1. The van der Waals surface area contributed by atoms with E-state index >= 15 is 0 Å². The summed E-state index contributed by atoms with van der Waals surface area (Å²) < 4.78 is 6.97. The fraction of sp³-hybridized carbons (Fsp3) is 0.176. The average Bonchev–Trinajstić information content (AvgIpc) is 2.95. The van der Waals surface area contributed by atoms with Crippen LogP contribution >= 0.6 is 0 Å². The van der Waals surface area contributed by atoms with E-state index < -0.39 is 0 Å². The first kappa shape index (κ1) is 15.7. The van der Waals surface area contributed by atoms with E-state index in [1.807, 2.05) is 42.7 Å². The predicted molar refractivity (Wildman–Crippen MR) is 89.6 cm³/mol. The van der Waals surface area contributed by atoms with E-state index in [1.54, 1.807) is 6.33 Å². The van der Waals surface area contributed by atoms with Gasteiger partial charge < -0.3 is 14.6 Å². The molecule has 122 valence electrons. The minimum atomic E-state index is -0.344. The molecule has 0 bridgehead atoms. The Hall–Kier alpha value is -3.22. The smallest absolute Gasteiger partial charge is 0.276 e. The van der Waals surface area contributed by atoms with Crippen LogP contribution in [0.2, 0.25) is 0 Å². The lowest BCUT2D eigenvalue weighted by atomic mass is 10.2. The molecule has 24 heavy (non-hydrogen) atoms. The van der Waals surface area contributed by atoms with Gasteiger partial charge in [-0.25, -0.2) is 9.97 Å². The van der Waals surface area contributed by atoms with Crippen molar-refractivity contribution in [1.29, 1.82) is 0 Å². The SMILES string of the molecule is COc1cncc(C(=O)Nc2ccc(-n3cnc(C)c3C)cc2)n1. The van der Waals surface area contributed by atoms with Crippen LogP contribution < -0.4 is 10.1 Å². The van der Waals surface area contributed by atoms with Crippen LogP contribution in [0, 0.1) is 13.8 Å². The van der Waals surface area contributed by atoms with Crippen molar-refractivity contribution < 1.29 is 9.53 Å². The Bertz CT molecular complexity index is 871. The van der Waals surface area contributed by atoms with E-state index in [4.69, 9.17) is 4.74 Å². The lowest BCUT2D eigenvalue weighted by molar-refractivity contribution is 0.102. The van der Waals surface area contributed by atoms with Crippen LogP contribution in [-0.2, 0) is 0 Å². The Kier molecular flexibility index (Phi) is 4.24. The lowest BCUT2D eigenvalue weighted by Gasteiger charge is -2.08. The van der Waals surface area contributed by atoms with Crippen molar-refractivity contribution in [2.75, 3.05) is 12.4 Å². The standard InChI is InChI=1S/C17H17N5O2/c1-11-12(2)22(10-19-11)14-6-4-13(5-7-14)20-17(23)15-8-18-9-16(21-15)24-3/h4-10H,1-3H3,(H,20,23). The van der Waals surface area contributed by atoms with Gasteiger partial charge in [0.1, 0.15) is 0 Å². The molecule has 0 aliphatic rings. The number of benzene rings is 1. The zero-order chi connectivity index (χ0) is 17.1. The summed E-state index contributed by atoms with van der Waals surface area (Å²) in [6, 6.07) is 7.49. The van der Waals surface area contributed by atoms with Crippen molar-refractivity contribution in [3.63, 3.8) is 0 Å². The molecule has 3 aromatic rings. The fourth-order valence-electron chi connectivity index (χ4n) is 2.22. The van der Waals surface area contributed by atoms with Crippen LogP contribution in [-0.4, -0.2) is 32.5 Å². The molecule has 0 saturated heterocycles. The first-order valence-corrected chi connectivity index (χ1v) is 7.37. The molecule has 0 atom stereocenters. The predicted octanol–water partition coefficient (Wildman–Crippen LogP) is 2.54. The number of hydrogen-bond donors (Lipinski definition) is 1. The number of carbonyl (C=O) groups excluding carboxylic acids is 1. The highest BCUT2D eigenvalue weighted by molar-refractivity contribution is 6.02. The quantitative estimate of drug-likeness (QED) is 0.798. The third-order valence-electron chi connectivity index (χ3n) is 3.71. The zero-order valence-corrected chi connectivity index (χ0v) is 13.6. The molecule has 0 aliphatic carbocycles. The molecule has 2 heterocycles. The first-order chi connectivity index (χ1) is 11.6. The highest BCUT2D eigenvalue weighted by Gasteiger charge is 2.10. The van der Waals surface area contributed by atoms with Crippen LogP contribution in [0.1, 0.15) is 21.9 Å². The molecule has 1 aromatic carbocycles. The number of aromatic nitrogens is 4. The topological polar surface area (TPSA) is 81.9 Å². The van der Waals surface area contributed by atoms with Crippen LogP contribution in [0.4, 0.5) is 5.69 Å². The number of amides is 1. The molecular formula is C17H17N5O2. The Morgan fingerprint density at radius 2 is 1.92 bits per heavy atom. The number of ether oxygens (including phenoxy) is 1. The maximum Gasteiger partial charge on any atom is 0.276 e. The van der Waals surface area contributed by atoms with Crippen LogP contribution in [0.15, 0.2) is 43.0 Å². The molecule has 0 aliphatic heterocycles. The third-order valence-corrected chi connectivity index (χ3v) is 3.71. The minimum absolute atomic E-state index is 0.194. The van der Waals surface area contributed by atoms with Gasteiger partial charge in [0.15, 0.2) is 5.69 Å². The average molecular weight is 323 g/mol. The largest absolute Gasteiger partial charge is 0.480 e. The second-order valence-corrected chi connectivity index (χ2v) is 5.23. The summed E-state index contributed by atoms with van der Waals surface area (Å²) >= 11 is 0. The zero-order valence-electron chi connectivity index (χ0n) is 13.6. The summed E-state index contributed by atoms with van der Waals surface area (Å²) in [6.07, 6.45) is 4.62. The van der Waals surface area contributed by atoms with Gasteiger partial charge in [-0.1, -0.05) is 0 Å². The third kappa shape index (κ3) is 3.10. The summed E-state index contributed by atoms with van der Waals surface area (Å²) in [7, 11) is 1.48. The van der Waals surface area contributed by atoms with Crippen molar-refractivity contribution in [3.8, 4) is 11.6 Å². The molecule has 7 nitrogen and oxygen atoms in total. The maximum atomic E-state index is 12.2. The number of hydrogen-bond acceptors (Lipinski definition) is 5. The van der Waals surface area contributed by atoms with E-state index in [-0.39, 0.29) is 11.6 Å². The Balaban J connectivity index is 1.76. The second kappa shape index (κ2) is 6.49. The van der Waals surface area contributed by atoms with Crippen molar-refractivity contribution in [1.82, 2.24) is 19.5 Å². The number of aryl methyl sites for hydroxylation is 1. The van der Waals surface area contributed by atoms with Gasteiger partial charge in [0, 0.05) is 17.1 Å². The highest BCUT2D eigenvalue weighted by Crippen LogP contribution is 2.17. The normalized spacial score (nSPS) is 10.5. The van der Waals surface area contributed by atoms with Gasteiger partial charge in [0.25, 0.3) is 5.91 Å². The van der Waals surface area contributed by atoms with Crippen LogP contribution in [0.3, 0.4) is 0 Å². The molecule has 0 saturated carbocycles. The number of nitrogens with one attached hydrogen (secondary N) is 1. The van der Waals surface area contributed by atoms with Crippen LogP contribution in [0.25, 0.3) is 5.69 Å². The van der Waals surface area contributed by atoms with Gasteiger partial charge >= 0.3 is 0 Å². The van der Waals surface area contributed by atoms with Gasteiger partial charge in [-0.3, -0.25) is 9.78 Å². The monoisotopic (exact) mass is 323 g/mol. The summed E-state index contributed by atoms with van der Waals surface area (Å²) in [4.78, 5) is 24.5. The summed E-state index contributed by atoms with van der Waals surface area (Å²) in [5.41, 5.74) is 3.91. The van der Waals surface area contributed by atoms with E-state index in [0.29, 0.717) is 11.6 Å². The van der Waals surface area contributed by atoms with E-state index in [1.165, 1.54) is 19.5 Å². The lowest BCUT2D eigenvalue weighted by Crippen LogP contribution is -2.14. The fourth-order valence-corrected chi connectivity index (χ4v) is 2.22. The van der Waals surface area contributed by atoms with Crippen molar-refractivity contribution in [2.45, 2.75) is 13.8 Å². The molecule has 2 aromatic heterocycles. The molecule has 0 radical (unpaired) electrons. The molecule has 3 rings (SSSR count). The number of nitrogens with zero attached hydrogens (tertiary/aromatic N) is 4. The van der Waals surface area contributed by atoms with Crippen molar-refractivity contribution in [2.24, 2.45) is 0 Å². The number of imidazole rings is 1. The molecule has 1 amide bonds. The van der Waals surface area contributed by atoms with E-state index in [0.717, 1.165) is 17.1 Å². The number of anilines is 1. The van der Waals surface area contributed by atoms with Gasteiger partial charge in [-0.05, 0) is 38.1 Å². The summed E-state index contributed by atoms with van der Waals surface area (Å²) in [5, 5.41) is 2.79. The minimum Gasteiger partial charge on any atom is -0.480 e.